The Bertz CT molecular complexity index is 1010. The quantitative estimate of drug-likeness (QED) is 0.472. The SMILES string of the molecule is Cc1cc(CC(=O)NC[C@H](O)C[C@H](C)C(=O)OCc2ccc(-c3ccccc3)cc2)on1. The molecule has 7 nitrogen and oxygen atoms in total. The lowest BCUT2D eigenvalue weighted by Crippen LogP contribution is -2.34. The van der Waals surface area contributed by atoms with Crippen LogP contribution in [0, 0.1) is 12.8 Å². The maximum absolute atomic E-state index is 12.3. The Hall–Kier alpha value is -3.45. The van der Waals surface area contributed by atoms with Crippen molar-refractivity contribution < 1.29 is 24.0 Å². The largest absolute Gasteiger partial charge is 0.461 e. The maximum atomic E-state index is 12.3. The summed E-state index contributed by atoms with van der Waals surface area (Å²) in [5, 5.41) is 16.5. The van der Waals surface area contributed by atoms with Gasteiger partial charge >= 0.3 is 5.97 Å². The van der Waals surface area contributed by atoms with Crippen LogP contribution in [0.25, 0.3) is 11.1 Å². The van der Waals surface area contributed by atoms with Gasteiger partial charge in [-0.3, -0.25) is 9.59 Å². The van der Waals surface area contributed by atoms with Crippen molar-refractivity contribution in [2.45, 2.75) is 39.4 Å². The fourth-order valence-electron chi connectivity index (χ4n) is 3.26. The van der Waals surface area contributed by atoms with E-state index in [1.807, 2.05) is 54.6 Å². The molecule has 0 fully saturated rings. The molecule has 0 unspecified atom stereocenters. The van der Waals surface area contributed by atoms with E-state index in [4.69, 9.17) is 9.26 Å². The van der Waals surface area contributed by atoms with Crippen molar-refractivity contribution in [3.63, 3.8) is 0 Å². The van der Waals surface area contributed by atoms with Crippen LogP contribution in [0.3, 0.4) is 0 Å². The number of hydrogen-bond acceptors (Lipinski definition) is 6. The first kappa shape index (κ1) is 23.2. The van der Waals surface area contributed by atoms with Gasteiger partial charge in [0.15, 0.2) is 0 Å². The van der Waals surface area contributed by atoms with E-state index in [1.165, 1.54) is 0 Å². The van der Waals surface area contributed by atoms with E-state index in [1.54, 1.807) is 19.9 Å². The van der Waals surface area contributed by atoms with E-state index in [0.717, 1.165) is 16.7 Å². The van der Waals surface area contributed by atoms with Crippen LogP contribution in [0.5, 0.6) is 0 Å². The van der Waals surface area contributed by atoms with Crippen LogP contribution in [-0.2, 0) is 27.4 Å². The molecule has 1 aromatic heterocycles. The fraction of sp³-hybridized carbons (Fsp3) is 0.320. The van der Waals surface area contributed by atoms with Gasteiger partial charge in [0.1, 0.15) is 12.4 Å². The number of benzene rings is 2. The summed E-state index contributed by atoms with van der Waals surface area (Å²) < 4.78 is 10.4. The number of amides is 1. The van der Waals surface area contributed by atoms with Gasteiger partial charge < -0.3 is 19.7 Å². The molecule has 2 atom stereocenters. The van der Waals surface area contributed by atoms with Crippen molar-refractivity contribution in [3.05, 3.63) is 77.7 Å². The van der Waals surface area contributed by atoms with E-state index < -0.39 is 12.0 Å². The summed E-state index contributed by atoms with van der Waals surface area (Å²) in [5.74, 6) is -0.709. The van der Waals surface area contributed by atoms with Gasteiger partial charge in [-0.25, -0.2) is 0 Å². The van der Waals surface area contributed by atoms with Gasteiger partial charge in [-0.1, -0.05) is 66.7 Å². The summed E-state index contributed by atoms with van der Waals surface area (Å²) in [6, 6.07) is 19.6. The predicted molar refractivity (Wildman–Crippen MR) is 119 cm³/mol. The monoisotopic (exact) mass is 436 g/mol. The second-order valence-corrected chi connectivity index (χ2v) is 7.88. The van der Waals surface area contributed by atoms with Crippen molar-refractivity contribution in [1.29, 1.82) is 0 Å². The minimum absolute atomic E-state index is 0.0462. The number of nitrogens with one attached hydrogen (secondary N) is 1. The van der Waals surface area contributed by atoms with Crippen LogP contribution in [0.15, 0.2) is 65.2 Å². The molecular weight excluding hydrogens is 408 g/mol. The number of carbonyl (C=O) groups excluding carboxylic acids is 2. The van der Waals surface area contributed by atoms with Gasteiger partial charge in [-0.05, 0) is 30.0 Å². The summed E-state index contributed by atoms with van der Waals surface area (Å²) in [6.45, 7) is 3.68. The number of aliphatic hydroxyl groups excluding tert-OH is 1. The molecule has 0 spiro atoms. The first-order valence-electron chi connectivity index (χ1n) is 10.6. The zero-order valence-electron chi connectivity index (χ0n) is 18.3. The molecule has 1 amide bonds. The van der Waals surface area contributed by atoms with Gasteiger partial charge in [0.05, 0.1) is 24.1 Å². The number of aromatic nitrogens is 1. The second kappa shape index (κ2) is 11.2. The molecular formula is C25H28N2O5. The molecule has 0 radical (unpaired) electrons. The first-order valence-corrected chi connectivity index (χ1v) is 10.6. The Labute approximate surface area is 187 Å². The van der Waals surface area contributed by atoms with Crippen LogP contribution in [0.4, 0.5) is 0 Å². The van der Waals surface area contributed by atoms with Crippen molar-refractivity contribution >= 4 is 11.9 Å². The highest BCUT2D eigenvalue weighted by Crippen LogP contribution is 2.20. The molecule has 2 N–H and O–H groups in total. The third kappa shape index (κ3) is 7.06. The standard InChI is InChI=1S/C25H28N2O5/c1-17(12-22(28)15-26-24(29)14-23-13-18(2)27-32-23)25(30)31-16-19-8-10-21(11-9-19)20-6-4-3-5-7-20/h3-11,13,17,22,28H,12,14-16H2,1-2H3,(H,26,29)/t17-,22+/m0/s1. The molecule has 2 aromatic carbocycles. The molecule has 3 rings (SSSR count). The van der Waals surface area contributed by atoms with Gasteiger partial charge in [0.2, 0.25) is 5.91 Å². The molecule has 0 bridgehead atoms. The lowest BCUT2D eigenvalue weighted by molar-refractivity contribution is -0.150. The third-order valence-corrected chi connectivity index (χ3v) is 5.02. The van der Waals surface area contributed by atoms with E-state index in [-0.39, 0.29) is 37.9 Å². The predicted octanol–water partition coefficient (Wildman–Crippen LogP) is 3.44. The number of hydrogen-bond donors (Lipinski definition) is 2. The number of aliphatic hydroxyl groups is 1. The normalized spacial score (nSPS) is 12.7. The number of ether oxygens (including phenoxy) is 1. The van der Waals surface area contributed by atoms with Crippen LogP contribution in [-0.4, -0.2) is 34.8 Å². The molecule has 0 saturated carbocycles. The highest BCUT2D eigenvalue weighted by Gasteiger charge is 2.20. The molecule has 32 heavy (non-hydrogen) atoms. The Morgan fingerprint density at radius 1 is 1.09 bits per heavy atom. The summed E-state index contributed by atoms with van der Waals surface area (Å²) in [4.78, 5) is 24.2. The van der Waals surface area contributed by atoms with E-state index >= 15 is 0 Å². The van der Waals surface area contributed by atoms with E-state index in [9.17, 15) is 14.7 Å². The zero-order valence-corrected chi connectivity index (χ0v) is 18.3. The molecule has 168 valence electrons. The molecule has 0 aliphatic heterocycles. The number of carbonyl (C=O) groups is 2. The molecule has 7 heteroatoms. The minimum atomic E-state index is -0.858. The third-order valence-electron chi connectivity index (χ3n) is 5.02. The summed E-state index contributed by atoms with van der Waals surface area (Å²) >= 11 is 0. The van der Waals surface area contributed by atoms with Crippen LogP contribution < -0.4 is 5.32 Å². The second-order valence-electron chi connectivity index (χ2n) is 7.88. The average molecular weight is 437 g/mol. The van der Waals surface area contributed by atoms with Crippen LogP contribution >= 0.6 is 0 Å². The van der Waals surface area contributed by atoms with E-state index in [0.29, 0.717) is 11.5 Å². The van der Waals surface area contributed by atoms with Crippen molar-refractivity contribution in [2.24, 2.45) is 5.92 Å². The molecule has 0 aliphatic carbocycles. The van der Waals surface area contributed by atoms with E-state index in [2.05, 4.69) is 10.5 Å². The smallest absolute Gasteiger partial charge is 0.309 e. The number of esters is 1. The van der Waals surface area contributed by atoms with Crippen molar-refractivity contribution in [3.8, 4) is 11.1 Å². The zero-order chi connectivity index (χ0) is 22.9. The highest BCUT2D eigenvalue weighted by atomic mass is 16.5. The number of nitrogens with zero attached hydrogens (tertiary/aromatic N) is 1. The fourth-order valence-corrected chi connectivity index (χ4v) is 3.26. The maximum Gasteiger partial charge on any atom is 0.309 e. The highest BCUT2D eigenvalue weighted by molar-refractivity contribution is 5.78. The minimum Gasteiger partial charge on any atom is -0.461 e. The number of rotatable bonds is 10. The van der Waals surface area contributed by atoms with Crippen LogP contribution in [0.1, 0.15) is 30.4 Å². The summed E-state index contributed by atoms with van der Waals surface area (Å²) in [5.41, 5.74) is 3.81. The molecule has 0 saturated heterocycles. The molecule has 0 aliphatic rings. The van der Waals surface area contributed by atoms with Crippen molar-refractivity contribution in [2.75, 3.05) is 6.54 Å². The van der Waals surface area contributed by atoms with Gasteiger partial charge in [-0.2, -0.15) is 0 Å². The summed E-state index contributed by atoms with van der Waals surface area (Å²) in [7, 11) is 0. The molecule has 1 heterocycles. The van der Waals surface area contributed by atoms with Crippen molar-refractivity contribution in [1.82, 2.24) is 10.5 Å². The van der Waals surface area contributed by atoms with Gasteiger partial charge in [0, 0.05) is 12.6 Å². The Kier molecular flexibility index (Phi) is 8.16. The van der Waals surface area contributed by atoms with Gasteiger partial charge in [0.25, 0.3) is 0 Å². The lowest BCUT2D eigenvalue weighted by atomic mass is 10.0. The number of aryl methyl sites for hydroxylation is 1. The summed E-state index contributed by atoms with van der Waals surface area (Å²) in [6.07, 6.45) is -0.620. The lowest BCUT2D eigenvalue weighted by Gasteiger charge is -2.16. The first-order chi connectivity index (χ1) is 15.4. The average Bonchev–Trinajstić information content (AvgIpc) is 3.21. The Morgan fingerprint density at radius 2 is 1.78 bits per heavy atom. The Balaban J connectivity index is 1.38. The molecule has 3 aromatic rings. The topological polar surface area (TPSA) is 102 Å². The van der Waals surface area contributed by atoms with Gasteiger partial charge in [-0.15, -0.1) is 0 Å². The Morgan fingerprint density at radius 3 is 2.44 bits per heavy atom. The van der Waals surface area contributed by atoms with Crippen LogP contribution in [0.2, 0.25) is 0 Å².